The molecule has 0 N–H and O–H groups in total. The minimum Gasteiger partial charge on any atom is -0.497 e. The van der Waals surface area contributed by atoms with Crippen LogP contribution in [0.15, 0.2) is 29.3 Å². The van der Waals surface area contributed by atoms with Crippen molar-refractivity contribution < 1.29 is 4.74 Å². The highest BCUT2D eigenvalue weighted by Gasteiger charge is 1.90. The number of hydrogen-bond donors (Lipinski definition) is 0. The standard InChI is InChI=1S/C10H13NO/c1-8(2)11-9-4-6-10(12-3)7-5-9/h4-7H,1-3H3. The van der Waals surface area contributed by atoms with Gasteiger partial charge in [0.15, 0.2) is 0 Å². The van der Waals surface area contributed by atoms with Crippen molar-refractivity contribution in [1.29, 1.82) is 0 Å². The largest absolute Gasteiger partial charge is 0.497 e. The third-order valence-electron chi connectivity index (χ3n) is 1.43. The van der Waals surface area contributed by atoms with Crippen molar-refractivity contribution in [3.8, 4) is 5.75 Å². The van der Waals surface area contributed by atoms with E-state index in [9.17, 15) is 0 Å². The summed E-state index contributed by atoms with van der Waals surface area (Å²) in [4.78, 5) is 4.30. The number of nitrogens with zero attached hydrogens (tertiary/aromatic N) is 1. The van der Waals surface area contributed by atoms with E-state index in [1.165, 1.54) is 0 Å². The molecule has 2 nitrogen and oxygen atoms in total. The Morgan fingerprint density at radius 1 is 1.17 bits per heavy atom. The summed E-state index contributed by atoms with van der Waals surface area (Å²) in [6.45, 7) is 3.95. The Balaban J connectivity index is 2.85. The fourth-order valence-corrected chi connectivity index (χ4v) is 0.915. The fraction of sp³-hybridized carbons (Fsp3) is 0.300. The summed E-state index contributed by atoms with van der Waals surface area (Å²) in [6.07, 6.45) is 0. The van der Waals surface area contributed by atoms with Crippen molar-refractivity contribution in [3.05, 3.63) is 24.3 Å². The summed E-state index contributed by atoms with van der Waals surface area (Å²) in [6, 6.07) is 7.68. The second kappa shape index (κ2) is 3.90. The van der Waals surface area contributed by atoms with E-state index in [4.69, 9.17) is 4.74 Å². The molecular weight excluding hydrogens is 150 g/mol. The van der Waals surface area contributed by atoms with Gasteiger partial charge < -0.3 is 4.74 Å². The van der Waals surface area contributed by atoms with Crippen LogP contribution < -0.4 is 4.74 Å². The highest BCUT2D eigenvalue weighted by atomic mass is 16.5. The summed E-state index contributed by atoms with van der Waals surface area (Å²) in [5.74, 6) is 0.864. The minimum atomic E-state index is 0.864. The lowest BCUT2D eigenvalue weighted by Gasteiger charge is -1.99. The van der Waals surface area contributed by atoms with Crippen LogP contribution in [-0.2, 0) is 0 Å². The zero-order valence-corrected chi connectivity index (χ0v) is 7.66. The van der Waals surface area contributed by atoms with E-state index in [1.54, 1.807) is 7.11 Å². The number of rotatable bonds is 2. The first kappa shape index (κ1) is 8.78. The van der Waals surface area contributed by atoms with Crippen LogP contribution in [0.3, 0.4) is 0 Å². The monoisotopic (exact) mass is 163 g/mol. The van der Waals surface area contributed by atoms with Gasteiger partial charge in [-0.05, 0) is 38.1 Å². The molecule has 0 radical (unpaired) electrons. The minimum absolute atomic E-state index is 0.864. The summed E-state index contributed by atoms with van der Waals surface area (Å²) >= 11 is 0. The zero-order chi connectivity index (χ0) is 8.97. The Morgan fingerprint density at radius 2 is 1.75 bits per heavy atom. The molecule has 0 spiro atoms. The number of ether oxygens (including phenoxy) is 1. The second-order valence-electron chi connectivity index (χ2n) is 2.76. The molecule has 64 valence electrons. The van der Waals surface area contributed by atoms with Gasteiger partial charge in [-0.15, -0.1) is 0 Å². The van der Waals surface area contributed by atoms with E-state index in [2.05, 4.69) is 4.99 Å². The van der Waals surface area contributed by atoms with Crippen LogP contribution >= 0.6 is 0 Å². The van der Waals surface area contributed by atoms with Gasteiger partial charge in [-0.2, -0.15) is 0 Å². The topological polar surface area (TPSA) is 21.6 Å². The van der Waals surface area contributed by atoms with Crippen molar-refractivity contribution in [2.75, 3.05) is 7.11 Å². The summed E-state index contributed by atoms with van der Waals surface area (Å²) in [5, 5.41) is 0. The van der Waals surface area contributed by atoms with Crippen molar-refractivity contribution in [1.82, 2.24) is 0 Å². The van der Waals surface area contributed by atoms with Crippen LogP contribution in [0.1, 0.15) is 13.8 Å². The summed E-state index contributed by atoms with van der Waals surface area (Å²) in [7, 11) is 1.66. The predicted octanol–water partition coefficient (Wildman–Crippen LogP) is 2.81. The Morgan fingerprint density at radius 3 is 2.17 bits per heavy atom. The quantitative estimate of drug-likeness (QED) is 0.614. The van der Waals surface area contributed by atoms with Crippen LogP contribution in [0.4, 0.5) is 5.69 Å². The lowest BCUT2D eigenvalue weighted by Crippen LogP contribution is -1.81. The molecule has 0 bridgehead atoms. The van der Waals surface area contributed by atoms with Gasteiger partial charge in [-0.1, -0.05) is 0 Å². The maximum atomic E-state index is 5.03. The van der Waals surface area contributed by atoms with Gasteiger partial charge in [0.25, 0.3) is 0 Å². The molecule has 1 aromatic carbocycles. The predicted molar refractivity (Wildman–Crippen MR) is 51.4 cm³/mol. The van der Waals surface area contributed by atoms with Crippen LogP contribution in [0.5, 0.6) is 5.75 Å². The van der Waals surface area contributed by atoms with Crippen LogP contribution in [-0.4, -0.2) is 12.8 Å². The highest BCUT2D eigenvalue weighted by molar-refractivity contribution is 5.82. The van der Waals surface area contributed by atoms with Gasteiger partial charge in [0.1, 0.15) is 5.75 Å². The number of benzene rings is 1. The third-order valence-corrected chi connectivity index (χ3v) is 1.43. The zero-order valence-electron chi connectivity index (χ0n) is 7.66. The first-order valence-corrected chi connectivity index (χ1v) is 3.88. The molecular formula is C10H13NO. The molecule has 1 rings (SSSR count). The van der Waals surface area contributed by atoms with Gasteiger partial charge in [-0.3, -0.25) is 4.99 Å². The number of methoxy groups -OCH3 is 1. The first-order valence-electron chi connectivity index (χ1n) is 3.88. The average Bonchev–Trinajstić information content (AvgIpc) is 2.05. The van der Waals surface area contributed by atoms with E-state index in [1.807, 2.05) is 38.1 Å². The highest BCUT2D eigenvalue weighted by Crippen LogP contribution is 2.17. The Labute approximate surface area is 72.9 Å². The van der Waals surface area contributed by atoms with E-state index < -0.39 is 0 Å². The second-order valence-corrected chi connectivity index (χ2v) is 2.76. The van der Waals surface area contributed by atoms with Crippen LogP contribution in [0.25, 0.3) is 0 Å². The van der Waals surface area contributed by atoms with Crippen molar-refractivity contribution in [3.63, 3.8) is 0 Å². The first-order chi connectivity index (χ1) is 5.72. The molecule has 0 amide bonds. The molecule has 12 heavy (non-hydrogen) atoms. The van der Waals surface area contributed by atoms with Gasteiger partial charge in [0, 0.05) is 5.71 Å². The maximum Gasteiger partial charge on any atom is 0.119 e. The summed E-state index contributed by atoms with van der Waals surface area (Å²) < 4.78 is 5.03. The Kier molecular flexibility index (Phi) is 2.86. The fourth-order valence-electron chi connectivity index (χ4n) is 0.915. The van der Waals surface area contributed by atoms with Crippen LogP contribution in [0, 0.1) is 0 Å². The molecule has 0 heterocycles. The Bertz CT molecular complexity index is 270. The molecule has 0 saturated heterocycles. The van der Waals surface area contributed by atoms with E-state index in [0.29, 0.717) is 0 Å². The molecule has 0 saturated carbocycles. The number of aliphatic imine (C=N–C) groups is 1. The molecule has 0 atom stereocenters. The van der Waals surface area contributed by atoms with E-state index in [0.717, 1.165) is 17.1 Å². The molecule has 1 aromatic rings. The molecule has 0 aliphatic carbocycles. The normalized spacial score (nSPS) is 9.25. The smallest absolute Gasteiger partial charge is 0.119 e. The van der Waals surface area contributed by atoms with Gasteiger partial charge >= 0.3 is 0 Å². The molecule has 0 fully saturated rings. The maximum absolute atomic E-state index is 5.03. The van der Waals surface area contributed by atoms with E-state index in [-0.39, 0.29) is 0 Å². The lowest BCUT2D eigenvalue weighted by molar-refractivity contribution is 0.415. The molecule has 0 aliphatic heterocycles. The SMILES string of the molecule is COc1ccc(N=C(C)C)cc1. The molecule has 0 unspecified atom stereocenters. The Hall–Kier alpha value is -1.31. The average molecular weight is 163 g/mol. The van der Waals surface area contributed by atoms with Gasteiger partial charge in [0.2, 0.25) is 0 Å². The molecule has 0 aliphatic rings. The van der Waals surface area contributed by atoms with Crippen molar-refractivity contribution in [2.24, 2.45) is 4.99 Å². The third kappa shape index (κ3) is 2.38. The van der Waals surface area contributed by atoms with Crippen molar-refractivity contribution in [2.45, 2.75) is 13.8 Å². The van der Waals surface area contributed by atoms with Gasteiger partial charge in [-0.25, -0.2) is 0 Å². The molecule has 2 heteroatoms. The van der Waals surface area contributed by atoms with Gasteiger partial charge in [0.05, 0.1) is 12.8 Å². The van der Waals surface area contributed by atoms with E-state index >= 15 is 0 Å². The van der Waals surface area contributed by atoms with Crippen molar-refractivity contribution >= 4 is 11.4 Å². The lowest BCUT2D eigenvalue weighted by atomic mass is 10.3. The summed E-state index contributed by atoms with van der Waals surface area (Å²) in [5.41, 5.74) is 2.02. The number of hydrogen-bond acceptors (Lipinski definition) is 2. The van der Waals surface area contributed by atoms with Crippen LogP contribution in [0.2, 0.25) is 0 Å². The molecule has 0 aromatic heterocycles.